The standard InChI is InChI=1S/C16H19N3O.ClH/c1-16(2,3)12-6-4-5-7-14(12)19-15(20)11-10-18-9-8-13(11)17;/h4-10H,1-3H3,(H2,17,18)(H,19,20);1H. The van der Waals surface area contributed by atoms with E-state index in [1.165, 1.54) is 6.20 Å². The number of pyridine rings is 1. The summed E-state index contributed by atoms with van der Waals surface area (Å²) in [5.41, 5.74) is 8.43. The summed E-state index contributed by atoms with van der Waals surface area (Å²) >= 11 is 0. The molecule has 2 rings (SSSR count). The Bertz CT molecular complexity index is 635. The Morgan fingerprint density at radius 3 is 2.48 bits per heavy atom. The van der Waals surface area contributed by atoms with Gasteiger partial charge in [0.25, 0.3) is 5.91 Å². The van der Waals surface area contributed by atoms with Crippen molar-refractivity contribution in [1.29, 1.82) is 0 Å². The van der Waals surface area contributed by atoms with Gasteiger partial charge in [0.2, 0.25) is 0 Å². The lowest BCUT2D eigenvalue weighted by Gasteiger charge is -2.23. The zero-order valence-corrected chi connectivity index (χ0v) is 13.2. The normalized spacial score (nSPS) is 10.6. The first-order chi connectivity index (χ1) is 9.39. The van der Waals surface area contributed by atoms with E-state index in [1.807, 2.05) is 24.3 Å². The van der Waals surface area contributed by atoms with Crippen molar-refractivity contribution in [1.82, 2.24) is 4.98 Å². The van der Waals surface area contributed by atoms with Crippen molar-refractivity contribution in [2.75, 3.05) is 11.1 Å². The van der Waals surface area contributed by atoms with Gasteiger partial charge in [0.1, 0.15) is 0 Å². The number of rotatable bonds is 2. The molecule has 2 aromatic rings. The van der Waals surface area contributed by atoms with Crippen molar-refractivity contribution in [2.24, 2.45) is 0 Å². The van der Waals surface area contributed by atoms with E-state index < -0.39 is 0 Å². The lowest BCUT2D eigenvalue weighted by atomic mass is 9.86. The van der Waals surface area contributed by atoms with Crippen LogP contribution in [0.3, 0.4) is 0 Å². The van der Waals surface area contributed by atoms with Crippen LogP contribution in [0.25, 0.3) is 0 Å². The smallest absolute Gasteiger partial charge is 0.259 e. The van der Waals surface area contributed by atoms with Crippen LogP contribution in [0.2, 0.25) is 0 Å². The van der Waals surface area contributed by atoms with E-state index in [0.29, 0.717) is 11.3 Å². The van der Waals surface area contributed by atoms with Crippen LogP contribution in [0, 0.1) is 0 Å². The minimum Gasteiger partial charge on any atom is -0.398 e. The predicted octanol–water partition coefficient (Wildman–Crippen LogP) is 3.64. The van der Waals surface area contributed by atoms with Crippen molar-refractivity contribution in [3.8, 4) is 0 Å². The minimum absolute atomic E-state index is 0. The van der Waals surface area contributed by atoms with Gasteiger partial charge in [-0.25, -0.2) is 0 Å². The van der Waals surface area contributed by atoms with Gasteiger partial charge < -0.3 is 11.1 Å². The molecule has 112 valence electrons. The summed E-state index contributed by atoms with van der Waals surface area (Å²) in [6, 6.07) is 9.39. The van der Waals surface area contributed by atoms with E-state index >= 15 is 0 Å². The quantitative estimate of drug-likeness (QED) is 0.890. The van der Waals surface area contributed by atoms with Crippen LogP contribution < -0.4 is 11.1 Å². The molecule has 0 radical (unpaired) electrons. The highest BCUT2D eigenvalue weighted by Crippen LogP contribution is 2.29. The zero-order chi connectivity index (χ0) is 14.8. The molecule has 0 fully saturated rings. The molecular weight excluding hydrogens is 286 g/mol. The largest absolute Gasteiger partial charge is 0.398 e. The molecule has 0 aliphatic heterocycles. The molecule has 0 aliphatic carbocycles. The molecule has 3 N–H and O–H groups in total. The molecule has 1 aromatic heterocycles. The number of hydrogen-bond donors (Lipinski definition) is 2. The van der Waals surface area contributed by atoms with Crippen LogP contribution in [-0.4, -0.2) is 10.9 Å². The van der Waals surface area contributed by atoms with Gasteiger partial charge in [-0.2, -0.15) is 0 Å². The number of amides is 1. The number of aromatic nitrogens is 1. The van der Waals surface area contributed by atoms with Gasteiger partial charge in [0, 0.05) is 23.8 Å². The van der Waals surface area contributed by atoms with E-state index in [9.17, 15) is 4.79 Å². The summed E-state index contributed by atoms with van der Waals surface area (Å²) in [6.07, 6.45) is 3.04. The van der Waals surface area contributed by atoms with Gasteiger partial charge in [0.15, 0.2) is 0 Å². The van der Waals surface area contributed by atoms with Gasteiger partial charge in [-0.3, -0.25) is 9.78 Å². The van der Waals surface area contributed by atoms with Gasteiger partial charge in [-0.15, -0.1) is 12.4 Å². The summed E-state index contributed by atoms with van der Waals surface area (Å²) < 4.78 is 0. The molecule has 0 saturated carbocycles. The Kier molecular flexibility index (Phi) is 5.33. The van der Waals surface area contributed by atoms with E-state index in [1.54, 1.807) is 12.3 Å². The number of nitrogens with one attached hydrogen (secondary N) is 1. The Hall–Kier alpha value is -2.07. The van der Waals surface area contributed by atoms with Crippen LogP contribution in [0.1, 0.15) is 36.7 Å². The zero-order valence-electron chi connectivity index (χ0n) is 12.4. The number of carbonyl (C=O) groups is 1. The maximum Gasteiger partial charge on any atom is 0.259 e. The van der Waals surface area contributed by atoms with Crippen molar-refractivity contribution in [3.05, 3.63) is 53.9 Å². The van der Waals surface area contributed by atoms with Gasteiger partial charge in [-0.1, -0.05) is 39.0 Å². The van der Waals surface area contributed by atoms with Crippen LogP contribution >= 0.6 is 12.4 Å². The lowest BCUT2D eigenvalue weighted by Crippen LogP contribution is -2.19. The molecule has 0 atom stereocenters. The second kappa shape index (κ2) is 6.59. The molecule has 0 aliphatic rings. The average molecular weight is 306 g/mol. The topological polar surface area (TPSA) is 68.0 Å². The number of para-hydroxylation sites is 1. The molecule has 4 nitrogen and oxygen atoms in total. The monoisotopic (exact) mass is 305 g/mol. The first-order valence-corrected chi connectivity index (χ1v) is 6.50. The minimum atomic E-state index is -0.243. The molecule has 0 bridgehead atoms. The molecule has 0 spiro atoms. The van der Waals surface area contributed by atoms with E-state index in [-0.39, 0.29) is 23.7 Å². The summed E-state index contributed by atoms with van der Waals surface area (Å²) in [5, 5.41) is 2.92. The third-order valence-electron chi connectivity index (χ3n) is 3.08. The molecule has 5 heteroatoms. The Labute approximate surface area is 131 Å². The van der Waals surface area contributed by atoms with Gasteiger partial charge >= 0.3 is 0 Å². The van der Waals surface area contributed by atoms with Gasteiger partial charge in [0.05, 0.1) is 5.56 Å². The number of halogens is 1. The highest BCUT2D eigenvalue weighted by Gasteiger charge is 2.19. The third kappa shape index (κ3) is 3.95. The lowest BCUT2D eigenvalue weighted by molar-refractivity contribution is 0.102. The van der Waals surface area contributed by atoms with Crippen LogP contribution in [0.15, 0.2) is 42.7 Å². The number of nitrogen functional groups attached to an aromatic ring is 1. The highest BCUT2D eigenvalue weighted by molar-refractivity contribution is 6.07. The fraction of sp³-hybridized carbons (Fsp3) is 0.250. The molecule has 1 heterocycles. The second-order valence-electron chi connectivity index (χ2n) is 5.71. The SMILES string of the molecule is CC(C)(C)c1ccccc1NC(=O)c1cnccc1N.Cl. The second-order valence-corrected chi connectivity index (χ2v) is 5.71. The fourth-order valence-corrected chi connectivity index (χ4v) is 2.03. The number of nitrogens with zero attached hydrogens (tertiary/aromatic N) is 1. The average Bonchev–Trinajstić information content (AvgIpc) is 2.38. The molecule has 1 amide bonds. The van der Waals surface area contributed by atoms with E-state index in [2.05, 4.69) is 31.1 Å². The Morgan fingerprint density at radius 2 is 1.86 bits per heavy atom. The van der Waals surface area contributed by atoms with Crippen LogP contribution in [0.4, 0.5) is 11.4 Å². The fourth-order valence-electron chi connectivity index (χ4n) is 2.03. The molecule has 21 heavy (non-hydrogen) atoms. The summed E-state index contributed by atoms with van der Waals surface area (Å²) in [6.45, 7) is 6.32. The maximum absolute atomic E-state index is 12.3. The molecular formula is C16H20ClN3O. The van der Waals surface area contributed by atoms with Gasteiger partial charge in [-0.05, 0) is 23.1 Å². The predicted molar refractivity (Wildman–Crippen MR) is 89.0 cm³/mol. The van der Waals surface area contributed by atoms with Crippen molar-refractivity contribution in [3.63, 3.8) is 0 Å². The first-order valence-electron chi connectivity index (χ1n) is 6.50. The van der Waals surface area contributed by atoms with Crippen LogP contribution in [-0.2, 0) is 5.41 Å². The number of anilines is 2. The van der Waals surface area contributed by atoms with Crippen LogP contribution in [0.5, 0.6) is 0 Å². The first kappa shape index (κ1) is 17.0. The number of nitrogens with two attached hydrogens (primary N) is 1. The number of hydrogen-bond acceptors (Lipinski definition) is 3. The number of carbonyl (C=O) groups excluding carboxylic acids is 1. The Balaban J connectivity index is 0.00000220. The van der Waals surface area contributed by atoms with Crippen molar-refractivity contribution >= 4 is 29.7 Å². The molecule has 0 saturated heterocycles. The number of benzene rings is 1. The highest BCUT2D eigenvalue weighted by atomic mass is 35.5. The molecule has 0 unspecified atom stereocenters. The van der Waals surface area contributed by atoms with Crippen molar-refractivity contribution < 1.29 is 4.79 Å². The summed E-state index contributed by atoms with van der Waals surface area (Å²) in [7, 11) is 0. The van der Waals surface area contributed by atoms with E-state index in [4.69, 9.17) is 5.73 Å². The molecule has 1 aromatic carbocycles. The maximum atomic E-state index is 12.3. The summed E-state index contributed by atoms with van der Waals surface area (Å²) in [4.78, 5) is 16.2. The van der Waals surface area contributed by atoms with Crippen molar-refractivity contribution in [2.45, 2.75) is 26.2 Å². The Morgan fingerprint density at radius 1 is 1.19 bits per heavy atom. The third-order valence-corrected chi connectivity index (χ3v) is 3.08. The summed E-state index contributed by atoms with van der Waals surface area (Å²) in [5.74, 6) is -0.243. The van der Waals surface area contributed by atoms with E-state index in [0.717, 1.165) is 11.3 Å².